The van der Waals surface area contributed by atoms with Gasteiger partial charge >= 0.3 is 5.97 Å². The van der Waals surface area contributed by atoms with Crippen LogP contribution >= 0.6 is 0 Å². The summed E-state index contributed by atoms with van der Waals surface area (Å²) >= 11 is 0. The summed E-state index contributed by atoms with van der Waals surface area (Å²) in [5.74, 6) is -1.41. The standard InChI is InChI=1S/C15H16N4O3/c1-10(15(21)22)19(12-7-8-12)14(20)13-9-18(17-16-13)11-5-3-2-4-6-11/h2-6,9-10,12H,7-8H2,1H3,(H,21,22). The summed E-state index contributed by atoms with van der Waals surface area (Å²) in [6.45, 7) is 1.51. The Morgan fingerprint density at radius 1 is 1.32 bits per heavy atom. The third kappa shape index (κ3) is 2.69. The zero-order chi connectivity index (χ0) is 15.7. The van der Waals surface area contributed by atoms with E-state index in [9.17, 15) is 14.7 Å². The van der Waals surface area contributed by atoms with E-state index in [1.807, 2.05) is 30.3 Å². The van der Waals surface area contributed by atoms with E-state index in [1.54, 1.807) is 0 Å². The van der Waals surface area contributed by atoms with Crippen LogP contribution < -0.4 is 0 Å². The van der Waals surface area contributed by atoms with Gasteiger partial charge in [-0.2, -0.15) is 0 Å². The van der Waals surface area contributed by atoms with Crippen molar-refractivity contribution in [2.45, 2.75) is 31.8 Å². The summed E-state index contributed by atoms with van der Waals surface area (Å²) in [6.07, 6.45) is 3.19. The summed E-state index contributed by atoms with van der Waals surface area (Å²) in [6, 6.07) is 8.42. The lowest BCUT2D eigenvalue weighted by Gasteiger charge is -2.25. The van der Waals surface area contributed by atoms with Crippen molar-refractivity contribution >= 4 is 11.9 Å². The van der Waals surface area contributed by atoms with Crippen LogP contribution in [0.25, 0.3) is 5.69 Å². The Bertz CT molecular complexity index is 694. The highest BCUT2D eigenvalue weighted by Gasteiger charge is 2.39. The van der Waals surface area contributed by atoms with Crippen molar-refractivity contribution < 1.29 is 14.7 Å². The highest BCUT2D eigenvalue weighted by Crippen LogP contribution is 2.30. The van der Waals surface area contributed by atoms with Gasteiger partial charge in [0.1, 0.15) is 6.04 Å². The van der Waals surface area contributed by atoms with Crippen LogP contribution in [-0.4, -0.2) is 49.0 Å². The average Bonchev–Trinajstić information content (AvgIpc) is 3.23. The van der Waals surface area contributed by atoms with E-state index in [4.69, 9.17) is 0 Å². The monoisotopic (exact) mass is 300 g/mol. The molecule has 1 aliphatic carbocycles. The van der Waals surface area contributed by atoms with Gasteiger partial charge in [0, 0.05) is 6.04 Å². The summed E-state index contributed by atoms with van der Waals surface area (Å²) in [5, 5.41) is 17.0. The van der Waals surface area contributed by atoms with Gasteiger partial charge in [-0.05, 0) is 31.9 Å². The number of carbonyl (C=O) groups is 2. The molecule has 1 fully saturated rings. The molecular formula is C15H16N4O3. The minimum atomic E-state index is -1.02. The van der Waals surface area contributed by atoms with Crippen molar-refractivity contribution in [1.82, 2.24) is 19.9 Å². The first-order chi connectivity index (χ1) is 10.6. The van der Waals surface area contributed by atoms with Gasteiger partial charge in [0.05, 0.1) is 11.9 Å². The molecule has 1 heterocycles. The topological polar surface area (TPSA) is 88.3 Å². The second kappa shape index (κ2) is 5.59. The molecular weight excluding hydrogens is 284 g/mol. The molecule has 2 aromatic rings. The van der Waals surface area contributed by atoms with Gasteiger partial charge in [-0.15, -0.1) is 5.10 Å². The predicted molar refractivity (Wildman–Crippen MR) is 77.6 cm³/mol. The van der Waals surface area contributed by atoms with Gasteiger partial charge in [0.25, 0.3) is 5.91 Å². The Morgan fingerprint density at radius 2 is 2.00 bits per heavy atom. The van der Waals surface area contributed by atoms with E-state index >= 15 is 0 Å². The van der Waals surface area contributed by atoms with E-state index in [2.05, 4.69) is 10.3 Å². The minimum Gasteiger partial charge on any atom is -0.480 e. The predicted octanol–water partition coefficient (Wildman–Crippen LogP) is 1.35. The largest absolute Gasteiger partial charge is 0.480 e. The number of amides is 1. The first kappa shape index (κ1) is 14.2. The van der Waals surface area contributed by atoms with E-state index in [0.29, 0.717) is 0 Å². The normalized spacial score (nSPS) is 15.3. The molecule has 0 radical (unpaired) electrons. The van der Waals surface area contributed by atoms with Crippen molar-refractivity contribution in [3.05, 3.63) is 42.2 Å². The van der Waals surface area contributed by atoms with Crippen LogP contribution in [0.3, 0.4) is 0 Å². The Labute approximate surface area is 127 Å². The average molecular weight is 300 g/mol. The van der Waals surface area contributed by atoms with Crippen molar-refractivity contribution in [3.63, 3.8) is 0 Å². The van der Waals surface area contributed by atoms with Gasteiger partial charge in [-0.25, -0.2) is 9.48 Å². The van der Waals surface area contributed by atoms with Crippen LogP contribution in [0.4, 0.5) is 0 Å². The highest BCUT2D eigenvalue weighted by atomic mass is 16.4. The van der Waals surface area contributed by atoms with Crippen LogP contribution in [0, 0.1) is 0 Å². The molecule has 0 bridgehead atoms. The van der Waals surface area contributed by atoms with Gasteiger partial charge in [-0.1, -0.05) is 23.4 Å². The molecule has 1 aromatic heterocycles. The molecule has 0 spiro atoms. The molecule has 7 heteroatoms. The second-order valence-electron chi connectivity index (χ2n) is 5.34. The van der Waals surface area contributed by atoms with Crippen molar-refractivity contribution in [2.75, 3.05) is 0 Å². The molecule has 0 aliphatic heterocycles. The third-order valence-corrected chi connectivity index (χ3v) is 3.68. The number of carboxylic acid groups (broad SMARTS) is 1. The fourth-order valence-corrected chi connectivity index (χ4v) is 2.33. The van der Waals surface area contributed by atoms with Gasteiger partial charge in [-0.3, -0.25) is 4.79 Å². The fourth-order valence-electron chi connectivity index (χ4n) is 2.33. The SMILES string of the molecule is CC(C(=O)O)N(C(=O)c1cn(-c2ccccc2)nn1)C1CC1. The van der Waals surface area contributed by atoms with E-state index in [1.165, 1.54) is 22.7 Å². The van der Waals surface area contributed by atoms with Crippen molar-refractivity contribution in [1.29, 1.82) is 0 Å². The number of aromatic nitrogens is 3. The Hall–Kier alpha value is -2.70. The molecule has 0 saturated heterocycles. The van der Waals surface area contributed by atoms with Crippen LogP contribution in [-0.2, 0) is 4.79 Å². The summed E-state index contributed by atoms with van der Waals surface area (Å²) in [7, 11) is 0. The van der Waals surface area contributed by atoms with Crippen LogP contribution in [0.1, 0.15) is 30.3 Å². The maximum Gasteiger partial charge on any atom is 0.326 e. The van der Waals surface area contributed by atoms with Crippen LogP contribution in [0.5, 0.6) is 0 Å². The van der Waals surface area contributed by atoms with Crippen LogP contribution in [0.15, 0.2) is 36.5 Å². The Balaban J connectivity index is 1.85. The summed E-state index contributed by atoms with van der Waals surface area (Å²) in [4.78, 5) is 25.2. The summed E-state index contributed by atoms with van der Waals surface area (Å²) in [5.41, 5.74) is 0.946. The maximum absolute atomic E-state index is 12.6. The number of hydrogen-bond acceptors (Lipinski definition) is 4. The fraction of sp³-hybridized carbons (Fsp3) is 0.333. The number of hydrogen-bond donors (Lipinski definition) is 1. The lowest BCUT2D eigenvalue weighted by Crippen LogP contribution is -2.44. The maximum atomic E-state index is 12.6. The zero-order valence-electron chi connectivity index (χ0n) is 12.1. The number of para-hydroxylation sites is 1. The van der Waals surface area contributed by atoms with E-state index in [-0.39, 0.29) is 17.6 Å². The number of rotatable bonds is 5. The van der Waals surface area contributed by atoms with Gasteiger partial charge < -0.3 is 10.0 Å². The Morgan fingerprint density at radius 3 is 2.59 bits per heavy atom. The molecule has 1 saturated carbocycles. The van der Waals surface area contributed by atoms with Crippen molar-refractivity contribution in [2.24, 2.45) is 0 Å². The summed E-state index contributed by atoms with van der Waals surface area (Å²) < 4.78 is 1.50. The number of aliphatic carboxylic acids is 1. The number of benzene rings is 1. The molecule has 7 nitrogen and oxygen atoms in total. The quantitative estimate of drug-likeness (QED) is 0.900. The third-order valence-electron chi connectivity index (χ3n) is 3.68. The lowest BCUT2D eigenvalue weighted by atomic mass is 10.2. The molecule has 114 valence electrons. The second-order valence-corrected chi connectivity index (χ2v) is 5.34. The number of carbonyl (C=O) groups excluding carboxylic acids is 1. The molecule has 3 rings (SSSR count). The van der Waals surface area contributed by atoms with Crippen molar-refractivity contribution in [3.8, 4) is 5.69 Å². The smallest absolute Gasteiger partial charge is 0.326 e. The first-order valence-electron chi connectivity index (χ1n) is 7.11. The minimum absolute atomic E-state index is 0.0134. The van der Waals surface area contributed by atoms with Gasteiger partial charge in [0.15, 0.2) is 5.69 Å². The first-order valence-corrected chi connectivity index (χ1v) is 7.11. The molecule has 1 aromatic carbocycles. The van der Waals surface area contributed by atoms with E-state index in [0.717, 1.165) is 18.5 Å². The number of nitrogens with zero attached hydrogens (tertiary/aromatic N) is 4. The number of carboxylic acids is 1. The van der Waals surface area contributed by atoms with Crippen LogP contribution in [0.2, 0.25) is 0 Å². The molecule has 1 atom stereocenters. The molecule has 1 unspecified atom stereocenters. The Kier molecular flexibility index (Phi) is 3.62. The highest BCUT2D eigenvalue weighted by molar-refractivity contribution is 5.95. The molecule has 1 amide bonds. The zero-order valence-corrected chi connectivity index (χ0v) is 12.1. The molecule has 22 heavy (non-hydrogen) atoms. The van der Waals surface area contributed by atoms with E-state index < -0.39 is 12.0 Å². The molecule has 1 N–H and O–H groups in total. The molecule has 1 aliphatic rings. The lowest BCUT2D eigenvalue weighted by molar-refractivity contribution is -0.141. The van der Waals surface area contributed by atoms with Gasteiger partial charge in [0.2, 0.25) is 0 Å².